The molecular weight excluding hydrogens is 206 g/mol. The molecule has 2 rings (SSSR count). The summed E-state index contributed by atoms with van der Waals surface area (Å²) in [5.74, 6) is 1.33. The second-order valence-corrected chi connectivity index (χ2v) is 3.84. The van der Waals surface area contributed by atoms with Crippen LogP contribution in [0, 0.1) is 0 Å². The van der Waals surface area contributed by atoms with Crippen molar-refractivity contribution in [3.63, 3.8) is 0 Å². The smallest absolute Gasteiger partial charge is 0.223 e. The van der Waals surface area contributed by atoms with Crippen LogP contribution in [0.4, 0.5) is 5.95 Å². The summed E-state index contributed by atoms with van der Waals surface area (Å²) in [7, 11) is 1.60. The first-order valence-electron chi connectivity index (χ1n) is 5.56. The predicted molar refractivity (Wildman–Crippen MR) is 60.6 cm³/mol. The van der Waals surface area contributed by atoms with Gasteiger partial charge in [0.05, 0.1) is 25.6 Å². The number of nitrogens with one attached hydrogen (secondary N) is 1. The predicted octanol–water partition coefficient (Wildman–Crippen LogP) is 1.46. The van der Waals surface area contributed by atoms with E-state index in [4.69, 9.17) is 9.47 Å². The first-order valence-corrected chi connectivity index (χ1v) is 5.56. The fourth-order valence-electron chi connectivity index (χ4n) is 1.73. The van der Waals surface area contributed by atoms with Gasteiger partial charge in [-0.2, -0.15) is 0 Å². The molecule has 0 atom stereocenters. The maximum Gasteiger partial charge on any atom is 0.223 e. The second kappa shape index (κ2) is 5.12. The van der Waals surface area contributed by atoms with Gasteiger partial charge in [0.15, 0.2) is 5.75 Å². The molecule has 1 aromatic rings. The first-order chi connectivity index (χ1) is 7.81. The van der Waals surface area contributed by atoms with Gasteiger partial charge in [-0.1, -0.05) is 0 Å². The molecule has 0 aromatic carbocycles. The fraction of sp³-hybridized carbons (Fsp3) is 0.636. The lowest BCUT2D eigenvalue weighted by Crippen LogP contribution is -2.41. The first kappa shape index (κ1) is 11.1. The number of hydrogen-bond acceptors (Lipinski definition) is 5. The third kappa shape index (κ3) is 2.61. The summed E-state index contributed by atoms with van der Waals surface area (Å²) in [6.07, 6.45) is 5.79. The third-order valence-corrected chi connectivity index (χ3v) is 2.69. The Morgan fingerprint density at radius 1 is 1.38 bits per heavy atom. The molecule has 1 saturated carbocycles. The van der Waals surface area contributed by atoms with Gasteiger partial charge in [-0.3, -0.25) is 0 Å². The zero-order chi connectivity index (χ0) is 11.4. The van der Waals surface area contributed by atoms with E-state index in [0.29, 0.717) is 23.8 Å². The van der Waals surface area contributed by atoms with Crippen molar-refractivity contribution >= 4 is 5.95 Å². The van der Waals surface area contributed by atoms with Gasteiger partial charge in [-0.15, -0.1) is 0 Å². The van der Waals surface area contributed by atoms with E-state index in [-0.39, 0.29) is 0 Å². The molecule has 0 radical (unpaired) electrons. The summed E-state index contributed by atoms with van der Waals surface area (Å²) in [6.45, 7) is 2.81. The summed E-state index contributed by atoms with van der Waals surface area (Å²) >= 11 is 0. The summed E-state index contributed by atoms with van der Waals surface area (Å²) in [5.41, 5.74) is 0. The van der Waals surface area contributed by atoms with Gasteiger partial charge in [0.25, 0.3) is 0 Å². The summed E-state index contributed by atoms with van der Waals surface area (Å²) in [5, 5.41) is 3.26. The molecule has 1 aliphatic carbocycles. The average molecular weight is 223 g/mol. The lowest BCUT2D eigenvalue weighted by atomic mass is 9.89. The van der Waals surface area contributed by atoms with Crippen LogP contribution in [0.25, 0.3) is 0 Å². The minimum atomic E-state index is 0.403. The Morgan fingerprint density at radius 3 is 2.62 bits per heavy atom. The SMILES string of the molecule is CCOC1CC(Nc2ncc(OC)cn2)C1. The van der Waals surface area contributed by atoms with Gasteiger partial charge in [-0.05, 0) is 19.8 Å². The van der Waals surface area contributed by atoms with Crippen LogP contribution in [0.3, 0.4) is 0 Å². The van der Waals surface area contributed by atoms with Crippen LogP contribution < -0.4 is 10.1 Å². The number of rotatable bonds is 5. The Bertz CT molecular complexity index is 323. The van der Waals surface area contributed by atoms with Crippen molar-refractivity contribution in [2.45, 2.75) is 31.9 Å². The van der Waals surface area contributed by atoms with Gasteiger partial charge in [0.1, 0.15) is 0 Å². The van der Waals surface area contributed by atoms with Crippen LogP contribution in [0.5, 0.6) is 5.75 Å². The zero-order valence-corrected chi connectivity index (χ0v) is 9.64. The minimum absolute atomic E-state index is 0.403. The normalized spacial score (nSPS) is 23.6. The minimum Gasteiger partial charge on any atom is -0.494 e. The highest BCUT2D eigenvalue weighted by molar-refractivity contribution is 5.29. The second-order valence-electron chi connectivity index (χ2n) is 3.84. The van der Waals surface area contributed by atoms with Crippen LogP contribution in [0.2, 0.25) is 0 Å². The number of methoxy groups -OCH3 is 1. The summed E-state index contributed by atoms with van der Waals surface area (Å²) < 4.78 is 10.5. The number of hydrogen-bond donors (Lipinski definition) is 1. The Morgan fingerprint density at radius 2 is 2.06 bits per heavy atom. The molecule has 1 fully saturated rings. The quantitative estimate of drug-likeness (QED) is 0.819. The van der Waals surface area contributed by atoms with Crippen LogP contribution >= 0.6 is 0 Å². The fourth-order valence-corrected chi connectivity index (χ4v) is 1.73. The van der Waals surface area contributed by atoms with E-state index in [1.807, 2.05) is 6.92 Å². The zero-order valence-electron chi connectivity index (χ0n) is 9.64. The number of ether oxygens (including phenoxy) is 2. The maximum absolute atomic E-state index is 5.48. The van der Waals surface area contributed by atoms with Gasteiger partial charge in [0, 0.05) is 12.6 Å². The molecule has 1 N–H and O–H groups in total. The van der Waals surface area contributed by atoms with E-state index < -0.39 is 0 Å². The largest absolute Gasteiger partial charge is 0.494 e. The van der Waals surface area contributed by atoms with E-state index in [9.17, 15) is 0 Å². The van der Waals surface area contributed by atoms with Crippen molar-refractivity contribution in [3.05, 3.63) is 12.4 Å². The van der Waals surface area contributed by atoms with Crippen molar-refractivity contribution < 1.29 is 9.47 Å². The molecule has 0 spiro atoms. The molecular formula is C11H17N3O2. The van der Waals surface area contributed by atoms with E-state index in [1.165, 1.54) is 0 Å². The van der Waals surface area contributed by atoms with E-state index in [0.717, 1.165) is 19.4 Å². The topological polar surface area (TPSA) is 56.3 Å². The molecule has 1 aliphatic rings. The van der Waals surface area contributed by atoms with Crippen molar-refractivity contribution in [2.75, 3.05) is 19.0 Å². The summed E-state index contributed by atoms with van der Waals surface area (Å²) in [6, 6.07) is 0.435. The monoisotopic (exact) mass is 223 g/mol. The van der Waals surface area contributed by atoms with Gasteiger partial charge in [0.2, 0.25) is 5.95 Å². The molecule has 1 aromatic heterocycles. The lowest BCUT2D eigenvalue weighted by Gasteiger charge is -2.35. The van der Waals surface area contributed by atoms with E-state index in [2.05, 4.69) is 15.3 Å². The molecule has 16 heavy (non-hydrogen) atoms. The molecule has 0 amide bonds. The highest BCUT2D eigenvalue weighted by atomic mass is 16.5. The number of aromatic nitrogens is 2. The Hall–Kier alpha value is -1.36. The van der Waals surface area contributed by atoms with Crippen LogP contribution in [0.1, 0.15) is 19.8 Å². The molecule has 0 unspecified atom stereocenters. The van der Waals surface area contributed by atoms with E-state index in [1.54, 1.807) is 19.5 Å². The molecule has 0 bridgehead atoms. The molecule has 5 nitrogen and oxygen atoms in total. The number of nitrogens with zero attached hydrogens (tertiary/aromatic N) is 2. The van der Waals surface area contributed by atoms with Gasteiger partial charge < -0.3 is 14.8 Å². The number of anilines is 1. The van der Waals surface area contributed by atoms with E-state index >= 15 is 0 Å². The molecule has 5 heteroatoms. The molecule has 1 heterocycles. The van der Waals surface area contributed by atoms with Crippen LogP contribution in [-0.4, -0.2) is 35.8 Å². The molecule has 88 valence electrons. The van der Waals surface area contributed by atoms with Crippen molar-refractivity contribution in [1.29, 1.82) is 0 Å². The third-order valence-electron chi connectivity index (χ3n) is 2.69. The van der Waals surface area contributed by atoms with Gasteiger partial charge in [-0.25, -0.2) is 9.97 Å². The van der Waals surface area contributed by atoms with Crippen LogP contribution in [-0.2, 0) is 4.74 Å². The highest BCUT2D eigenvalue weighted by Gasteiger charge is 2.29. The maximum atomic E-state index is 5.48. The molecule has 0 saturated heterocycles. The Kier molecular flexibility index (Phi) is 3.56. The van der Waals surface area contributed by atoms with Crippen molar-refractivity contribution in [2.24, 2.45) is 0 Å². The standard InChI is InChI=1S/C11H17N3O2/c1-3-16-9-4-8(5-9)14-11-12-6-10(15-2)7-13-11/h6-9H,3-5H2,1-2H3,(H,12,13,14). The van der Waals surface area contributed by atoms with Crippen molar-refractivity contribution in [3.8, 4) is 5.75 Å². The van der Waals surface area contributed by atoms with Crippen molar-refractivity contribution in [1.82, 2.24) is 9.97 Å². The summed E-state index contributed by atoms with van der Waals surface area (Å²) in [4.78, 5) is 8.31. The van der Waals surface area contributed by atoms with Gasteiger partial charge >= 0.3 is 0 Å². The lowest BCUT2D eigenvalue weighted by molar-refractivity contribution is 0.00285. The van der Waals surface area contributed by atoms with Crippen LogP contribution in [0.15, 0.2) is 12.4 Å². The Labute approximate surface area is 95.2 Å². The average Bonchev–Trinajstić information content (AvgIpc) is 2.27. The molecule has 0 aliphatic heterocycles. The Balaban J connectivity index is 1.78. The highest BCUT2D eigenvalue weighted by Crippen LogP contribution is 2.25.